The molecule has 0 radical (unpaired) electrons. The van der Waals surface area contributed by atoms with Crippen molar-refractivity contribution in [3.8, 4) is 0 Å². The molecule has 4 heterocycles. The number of anilines is 2. The molecule has 18 nitrogen and oxygen atoms in total. The molecule has 0 spiro atoms. The molecule has 2 aliphatic rings. The van der Waals surface area contributed by atoms with Gasteiger partial charge in [-0.3, -0.25) is 19.2 Å². The molecule has 4 aromatic carbocycles. The molecule has 8 rings (SSSR count). The SMILES string of the molecule is CC(C)(C)OC(=O)N1CC(CCN(C(=O)c2cccc(S(=O)(=O)NC(=O)c3ccc(C(C)(C)C)nc3Cl)c2)c2ccccc2)CC1(C)C.CC1(C)CC(CCN(C(=O)c2cccc(S(=O)(=O)NC(=O)c3ccc(C(C)(C)C)nc3Cl)c2)c2ccccc2)CN1. The van der Waals surface area contributed by atoms with E-state index in [4.69, 9.17) is 27.9 Å². The Labute approximate surface area is 534 Å². The fraction of sp³-hybridized carbons (Fsp3) is 0.418. The molecule has 5 amide bonds. The Hall–Kier alpha value is -7.23. The maximum atomic E-state index is 14.0. The molecule has 22 heteroatoms. The molecule has 89 heavy (non-hydrogen) atoms. The summed E-state index contributed by atoms with van der Waals surface area (Å²) in [5.41, 5.74) is 1.29. The van der Waals surface area contributed by atoms with Gasteiger partial charge >= 0.3 is 6.09 Å². The van der Waals surface area contributed by atoms with Crippen LogP contribution in [-0.2, 0) is 35.6 Å². The third-order valence-corrected chi connectivity index (χ3v) is 18.6. The van der Waals surface area contributed by atoms with Crippen LogP contribution in [0, 0.1) is 11.8 Å². The van der Waals surface area contributed by atoms with Crippen molar-refractivity contribution in [1.29, 1.82) is 0 Å². The van der Waals surface area contributed by atoms with Crippen molar-refractivity contribution in [3.63, 3.8) is 0 Å². The summed E-state index contributed by atoms with van der Waals surface area (Å²) in [4.78, 5) is 79.7. The summed E-state index contributed by atoms with van der Waals surface area (Å²) in [6.07, 6.45) is 2.77. The van der Waals surface area contributed by atoms with Crippen molar-refractivity contribution in [3.05, 3.63) is 177 Å². The van der Waals surface area contributed by atoms with E-state index in [-0.39, 0.29) is 76.6 Å². The number of hydrogen-bond acceptors (Lipinski definition) is 13. The topological polar surface area (TPSA) is 234 Å². The lowest BCUT2D eigenvalue weighted by Crippen LogP contribution is -2.45. The summed E-state index contributed by atoms with van der Waals surface area (Å²) in [5.74, 6) is -2.04. The first-order valence-corrected chi connectivity index (χ1v) is 33.2. The molecule has 0 aliphatic carbocycles. The van der Waals surface area contributed by atoms with Gasteiger partial charge in [-0.05, 0) is 177 Å². The number of pyridine rings is 2. The van der Waals surface area contributed by atoms with Crippen LogP contribution in [0.25, 0.3) is 0 Å². The maximum absolute atomic E-state index is 14.0. The molecule has 2 aromatic heterocycles. The number of nitrogens with zero attached hydrogens (tertiary/aromatic N) is 5. The van der Waals surface area contributed by atoms with E-state index in [1.165, 1.54) is 54.6 Å². The normalized spacial score (nSPS) is 16.6. The minimum absolute atomic E-state index is 0.0599. The summed E-state index contributed by atoms with van der Waals surface area (Å²) in [5, 5.41) is 3.31. The highest BCUT2D eigenvalue weighted by Gasteiger charge is 2.43. The third kappa shape index (κ3) is 18.2. The van der Waals surface area contributed by atoms with Crippen LogP contribution in [0.15, 0.2) is 143 Å². The van der Waals surface area contributed by atoms with Crippen LogP contribution in [0.5, 0.6) is 0 Å². The number of para-hydroxylation sites is 2. The molecule has 3 N–H and O–H groups in total. The molecule has 0 bridgehead atoms. The monoisotopic (exact) mass is 1290 g/mol. The number of nitrogens with one attached hydrogen (secondary N) is 3. The lowest BCUT2D eigenvalue weighted by Gasteiger charge is -2.33. The number of sulfonamides is 2. The number of carbonyl (C=O) groups excluding carboxylic acids is 5. The second-order valence-electron chi connectivity index (χ2n) is 27.0. The van der Waals surface area contributed by atoms with Gasteiger partial charge < -0.3 is 24.8 Å². The Balaban J connectivity index is 0.000000257. The van der Waals surface area contributed by atoms with E-state index < -0.39 is 48.9 Å². The van der Waals surface area contributed by atoms with Gasteiger partial charge in [0.2, 0.25) is 0 Å². The Bertz CT molecular complexity index is 3810. The van der Waals surface area contributed by atoms with Gasteiger partial charge in [0.05, 0.1) is 20.9 Å². The lowest BCUT2D eigenvalue weighted by atomic mass is 9.91. The predicted molar refractivity (Wildman–Crippen MR) is 349 cm³/mol. The number of amides is 5. The minimum atomic E-state index is -4.38. The van der Waals surface area contributed by atoms with Gasteiger partial charge in [-0.15, -0.1) is 0 Å². The number of ether oxygens (including phenoxy) is 1. The molecule has 6 aromatic rings. The average Bonchev–Trinajstić information content (AvgIpc) is 1.97. The van der Waals surface area contributed by atoms with E-state index >= 15 is 0 Å². The largest absolute Gasteiger partial charge is 0.444 e. The van der Waals surface area contributed by atoms with E-state index in [0.717, 1.165) is 31.5 Å². The van der Waals surface area contributed by atoms with Crippen LogP contribution < -0.4 is 24.6 Å². The van der Waals surface area contributed by atoms with Gasteiger partial charge in [0.25, 0.3) is 43.7 Å². The van der Waals surface area contributed by atoms with Gasteiger partial charge in [0.15, 0.2) is 0 Å². The van der Waals surface area contributed by atoms with Crippen molar-refractivity contribution in [2.24, 2.45) is 11.8 Å². The van der Waals surface area contributed by atoms with E-state index in [1.54, 1.807) is 32.9 Å². The number of carbonyl (C=O) groups is 5. The van der Waals surface area contributed by atoms with E-state index in [0.29, 0.717) is 49.0 Å². The summed E-state index contributed by atoms with van der Waals surface area (Å²) in [6, 6.07) is 35.9. The van der Waals surface area contributed by atoms with Crippen LogP contribution in [0.3, 0.4) is 0 Å². The third-order valence-electron chi connectivity index (χ3n) is 15.4. The molecule has 476 valence electrons. The molecule has 2 saturated heterocycles. The van der Waals surface area contributed by atoms with Crippen molar-refractivity contribution < 1.29 is 45.5 Å². The Morgan fingerprint density at radius 2 is 1.00 bits per heavy atom. The summed E-state index contributed by atoms with van der Waals surface area (Å²) < 4.78 is 62.8. The fourth-order valence-electron chi connectivity index (χ4n) is 10.7. The highest BCUT2D eigenvalue weighted by atomic mass is 35.5. The Kier molecular flexibility index (Phi) is 21.4. The maximum Gasteiger partial charge on any atom is 0.410 e. The van der Waals surface area contributed by atoms with Gasteiger partial charge in [-0.25, -0.2) is 41.0 Å². The van der Waals surface area contributed by atoms with Crippen LogP contribution in [0.2, 0.25) is 10.3 Å². The van der Waals surface area contributed by atoms with Crippen molar-refractivity contribution in [2.45, 2.75) is 153 Å². The van der Waals surface area contributed by atoms with Crippen LogP contribution in [0.4, 0.5) is 16.2 Å². The van der Waals surface area contributed by atoms with Gasteiger partial charge in [0, 0.05) is 75.4 Å². The van der Waals surface area contributed by atoms with Crippen molar-refractivity contribution in [2.75, 3.05) is 36.0 Å². The van der Waals surface area contributed by atoms with Crippen molar-refractivity contribution in [1.82, 2.24) is 29.6 Å². The highest BCUT2D eigenvalue weighted by molar-refractivity contribution is 7.90. The second-order valence-corrected chi connectivity index (χ2v) is 31.0. The number of benzene rings is 4. The average molecular weight is 1290 g/mol. The van der Waals surface area contributed by atoms with E-state index in [2.05, 4.69) is 38.6 Å². The molecule has 2 fully saturated rings. The zero-order valence-electron chi connectivity index (χ0n) is 52.9. The molecule has 0 saturated carbocycles. The first kappa shape index (κ1) is 69.2. The standard InChI is InChI=1S/C36H45ClN4O6S.C31H37ClN4O4S/c1-34(2,3)29-18-17-28(30(37)38-29)31(42)39-48(45,46)27-16-12-13-25(21-27)32(43)40(26-14-10-9-11-15-26)20-19-24-22-36(7,8)41(23-24)33(44)47-35(4,5)6;1-30(2,3)26-15-14-25(27(32)34-26)28(37)35-41(39,40)24-13-9-10-22(18-24)29(38)36(23-11-7-6-8-12-23)17-16-21-19-31(4,5)33-20-21/h9-18,21,24H,19-20,22-23H2,1-8H3,(H,39,42);6-15,18,21,33H,16-17,19-20H2,1-5H3,(H,35,37). The van der Waals surface area contributed by atoms with Crippen molar-refractivity contribution >= 4 is 84.3 Å². The first-order valence-electron chi connectivity index (χ1n) is 29.5. The molecule has 2 aliphatic heterocycles. The number of aromatic nitrogens is 2. The number of hydrogen-bond donors (Lipinski definition) is 3. The van der Waals surface area contributed by atoms with Gasteiger partial charge in [0.1, 0.15) is 15.9 Å². The zero-order valence-corrected chi connectivity index (χ0v) is 56.0. The van der Waals surface area contributed by atoms with Gasteiger partial charge in [-0.1, -0.05) is 113 Å². The Morgan fingerprint density at radius 3 is 1.37 bits per heavy atom. The van der Waals surface area contributed by atoms with Crippen LogP contribution >= 0.6 is 23.2 Å². The number of halogens is 2. The second kappa shape index (κ2) is 27.5. The zero-order chi connectivity index (χ0) is 65.7. The van der Waals surface area contributed by atoms with Crippen LogP contribution in [0.1, 0.15) is 169 Å². The Morgan fingerprint density at radius 1 is 0.584 bits per heavy atom. The predicted octanol–water partition coefficient (Wildman–Crippen LogP) is 12.8. The fourth-order valence-corrected chi connectivity index (χ4v) is 13.2. The quantitative estimate of drug-likeness (QED) is 0.0766. The first-order chi connectivity index (χ1) is 41.3. The molecule has 2 unspecified atom stereocenters. The summed E-state index contributed by atoms with van der Waals surface area (Å²) >= 11 is 12.5. The molecular weight excluding hydrogens is 1210 g/mol. The van der Waals surface area contributed by atoms with E-state index in [9.17, 15) is 40.8 Å². The van der Waals surface area contributed by atoms with Crippen LogP contribution in [-0.4, -0.2) is 104 Å². The lowest BCUT2D eigenvalue weighted by molar-refractivity contribution is 0.0130. The molecule has 2 atom stereocenters. The molecular formula is C67H82Cl2N8O10S2. The minimum Gasteiger partial charge on any atom is -0.444 e. The van der Waals surface area contributed by atoms with E-state index in [1.807, 2.05) is 137 Å². The highest BCUT2D eigenvalue weighted by Crippen LogP contribution is 2.37. The smallest absolute Gasteiger partial charge is 0.410 e. The summed E-state index contributed by atoms with van der Waals surface area (Å²) in [7, 11) is -8.69. The number of rotatable bonds is 16. The summed E-state index contributed by atoms with van der Waals surface area (Å²) in [6.45, 7) is 27.7. The number of likely N-dealkylation sites (tertiary alicyclic amines) is 1. The van der Waals surface area contributed by atoms with Gasteiger partial charge in [-0.2, -0.15) is 0 Å².